The molecule has 4 rings (SSSR count). The molecule has 32 heavy (non-hydrogen) atoms. The third kappa shape index (κ3) is 4.30. The summed E-state index contributed by atoms with van der Waals surface area (Å²) in [5.74, 6) is 0.989. The van der Waals surface area contributed by atoms with E-state index >= 15 is 0 Å². The predicted molar refractivity (Wildman–Crippen MR) is 122 cm³/mol. The first-order chi connectivity index (χ1) is 15.5. The molecule has 8 heteroatoms. The summed E-state index contributed by atoms with van der Waals surface area (Å²) < 4.78 is 16.2. The van der Waals surface area contributed by atoms with Crippen LogP contribution in [-0.2, 0) is 9.59 Å². The third-order valence-corrected chi connectivity index (χ3v) is 6.08. The Bertz CT molecular complexity index is 956. The highest BCUT2D eigenvalue weighted by atomic mass is 16.5. The number of anilines is 2. The average molecular weight is 440 g/mol. The maximum atomic E-state index is 13.2. The number of methoxy groups -OCH3 is 3. The molecule has 2 aliphatic heterocycles. The summed E-state index contributed by atoms with van der Waals surface area (Å²) >= 11 is 0. The van der Waals surface area contributed by atoms with Crippen molar-refractivity contribution in [2.75, 3.05) is 51.2 Å². The van der Waals surface area contributed by atoms with Crippen molar-refractivity contribution in [3.05, 3.63) is 42.5 Å². The lowest BCUT2D eigenvalue weighted by Crippen LogP contribution is -2.37. The van der Waals surface area contributed by atoms with Gasteiger partial charge in [0, 0.05) is 49.9 Å². The first-order valence-corrected chi connectivity index (χ1v) is 10.7. The second-order valence-electron chi connectivity index (χ2n) is 8.07. The van der Waals surface area contributed by atoms with Gasteiger partial charge in [-0.3, -0.25) is 9.59 Å². The predicted octanol–water partition coefficient (Wildman–Crippen LogP) is 2.78. The fourth-order valence-electron chi connectivity index (χ4n) is 4.45. The number of benzene rings is 2. The van der Waals surface area contributed by atoms with Gasteiger partial charge in [0.1, 0.15) is 0 Å². The maximum absolute atomic E-state index is 13.2. The van der Waals surface area contributed by atoms with Gasteiger partial charge in [0.2, 0.25) is 17.6 Å². The van der Waals surface area contributed by atoms with Crippen molar-refractivity contribution in [1.29, 1.82) is 0 Å². The lowest BCUT2D eigenvalue weighted by atomic mass is 10.1. The van der Waals surface area contributed by atoms with Crippen LogP contribution in [0.1, 0.15) is 12.8 Å². The van der Waals surface area contributed by atoms with Gasteiger partial charge in [-0.25, -0.2) is 0 Å². The van der Waals surface area contributed by atoms with E-state index in [2.05, 4.69) is 5.32 Å². The molecule has 2 heterocycles. The van der Waals surface area contributed by atoms with Gasteiger partial charge < -0.3 is 29.3 Å². The number of hydrogen-bond acceptors (Lipinski definition) is 6. The molecule has 0 bridgehead atoms. The molecule has 0 aromatic heterocycles. The monoisotopic (exact) mass is 439 g/mol. The van der Waals surface area contributed by atoms with E-state index in [9.17, 15) is 9.59 Å². The fourth-order valence-corrected chi connectivity index (χ4v) is 4.45. The fraction of sp³-hybridized carbons (Fsp3) is 0.417. The number of amides is 2. The van der Waals surface area contributed by atoms with Crippen molar-refractivity contribution in [1.82, 2.24) is 4.90 Å². The Morgan fingerprint density at radius 2 is 1.69 bits per heavy atom. The zero-order chi connectivity index (χ0) is 22.7. The van der Waals surface area contributed by atoms with Gasteiger partial charge in [0.15, 0.2) is 11.5 Å². The summed E-state index contributed by atoms with van der Waals surface area (Å²) in [4.78, 5) is 29.5. The Hall–Kier alpha value is -3.42. The standard InChI is InChI=1S/C24H29N3O5/c1-30-20-12-19(13-21(31-2)23(20)32-3)27-14-16(11-22(27)28)24(29)26-10-9-18(15-26)25-17-7-5-4-6-8-17/h4-8,12-13,16,18,25H,9-11,14-15H2,1-3H3. The van der Waals surface area contributed by atoms with Gasteiger partial charge >= 0.3 is 0 Å². The van der Waals surface area contributed by atoms with Gasteiger partial charge in [-0.05, 0) is 18.6 Å². The van der Waals surface area contributed by atoms with Crippen LogP contribution < -0.4 is 24.4 Å². The SMILES string of the molecule is COc1cc(N2CC(C(=O)N3CCC(Nc4ccccc4)C3)CC2=O)cc(OC)c1OC. The summed E-state index contributed by atoms with van der Waals surface area (Å²) in [5.41, 5.74) is 1.68. The molecule has 1 N–H and O–H groups in total. The van der Waals surface area contributed by atoms with E-state index in [1.54, 1.807) is 17.0 Å². The molecule has 2 fully saturated rings. The Balaban J connectivity index is 1.43. The molecule has 0 radical (unpaired) electrons. The Morgan fingerprint density at radius 1 is 1.00 bits per heavy atom. The molecule has 0 spiro atoms. The number of nitrogens with zero attached hydrogens (tertiary/aromatic N) is 2. The zero-order valence-corrected chi connectivity index (χ0v) is 18.7. The average Bonchev–Trinajstić information content (AvgIpc) is 3.45. The van der Waals surface area contributed by atoms with Crippen LogP contribution in [0.2, 0.25) is 0 Å². The number of rotatable bonds is 7. The van der Waals surface area contributed by atoms with E-state index < -0.39 is 0 Å². The van der Waals surface area contributed by atoms with Crippen molar-refractivity contribution in [2.45, 2.75) is 18.9 Å². The number of ether oxygens (including phenoxy) is 3. The van der Waals surface area contributed by atoms with E-state index in [0.29, 0.717) is 42.6 Å². The summed E-state index contributed by atoms with van der Waals surface area (Å²) in [7, 11) is 4.60. The molecule has 2 unspecified atom stereocenters. The van der Waals surface area contributed by atoms with Crippen molar-refractivity contribution in [2.24, 2.45) is 5.92 Å². The molecule has 0 aliphatic carbocycles. The molecule has 2 aromatic carbocycles. The van der Waals surface area contributed by atoms with Crippen molar-refractivity contribution >= 4 is 23.2 Å². The van der Waals surface area contributed by atoms with E-state index in [1.807, 2.05) is 35.2 Å². The largest absolute Gasteiger partial charge is 0.493 e. The summed E-state index contributed by atoms with van der Waals surface area (Å²) in [6.07, 6.45) is 1.08. The molecule has 2 saturated heterocycles. The Kier molecular flexibility index (Phi) is 6.39. The second kappa shape index (κ2) is 9.38. The van der Waals surface area contributed by atoms with Gasteiger partial charge in [-0.2, -0.15) is 0 Å². The van der Waals surface area contributed by atoms with Crippen LogP contribution in [0.15, 0.2) is 42.5 Å². The first-order valence-electron chi connectivity index (χ1n) is 10.7. The van der Waals surface area contributed by atoms with Crippen molar-refractivity contribution in [3.63, 3.8) is 0 Å². The van der Waals surface area contributed by atoms with Crippen LogP contribution in [0.4, 0.5) is 11.4 Å². The molecular weight excluding hydrogens is 410 g/mol. The first kappa shape index (κ1) is 21.8. The minimum Gasteiger partial charge on any atom is -0.493 e. The molecule has 2 atom stereocenters. The highest BCUT2D eigenvalue weighted by Crippen LogP contribution is 2.42. The third-order valence-electron chi connectivity index (χ3n) is 6.08. The van der Waals surface area contributed by atoms with Crippen LogP contribution in [0.25, 0.3) is 0 Å². The molecule has 0 saturated carbocycles. The Labute approximate surface area is 188 Å². The summed E-state index contributed by atoms with van der Waals surface area (Å²) in [6, 6.07) is 13.7. The van der Waals surface area contributed by atoms with Crippen LogP contribution in [0.5, 0.6) is 17.2 Å². The van der Waals surface area contributed by atoms with Crippen molar-refractivity contribution in [3.8, 4) is 17.2 Å². The van der Waals surface area contributed by atoms with Gasteiger partial charge in [-0.15, -0.1) is 0 Å². The minimum absolute atomic E-state index is 0.0330. The number of hydrogen-bond donors (Lipinski definition) is 1. The number of carbonyl (C=O) groups is 2. The quantitative estimate of drug-likeness (QED) is 0.715. The van der Waals surface area contributed by atoms with Crippen molar-refractivity contribution < 1.29 is 23.8 Å². The molecule has 2 aromatic rings. The van der Waals surface area contributed by atoms with Crippen LogP contribution >= 0.6 is 0 Å². The normalized spacial score (nSPS) is 20.4. The van der Waals surface area contributed by atoms with Crippen LogP contribution in [-0.4, -0.2) is 63.7 Å². The van der Waals surface area contributed by atoms with Crippen LogP contribution in [0, 0.1) is 5.92 Å². The van der Waals surface area contributed by atoms with E-state index in [-0.39, 0.29) is 30.2 Å². The molecule has 2 aliphatic rings. The van der Waals surface area contributed by atoms with E-state index in [0.717, 1.165) is 12.1 Å². The smallest absolute Gasteiger partial charge is 0.228 e. The number of para-hydroxylation sites is 1. The molecular formula is C24H29N3O5. The second-order valence-corrected chi connectivity index (χ2v) is 8.07. The van der Waals surface area contributed by atoms with E-state index in [1.165, 1.54) is 21.3 Å². The zero-order valence-electron chi connectivity index (χ0n) is 18.7. The summed E-state index contributed by atoms with van der Waals surface area (Å²) in [5, 5.41) is 3.48. The molecule has 2 amide bonds. The number of nitrogens with one attached hydrogen (secondary N) is 1. The highest BCUT2D eigenvalue weighted by Gasteiger charge is 2.39. The molecule has 8 nitrogen and oxygen atoms in total. The van der Waals surface area contributed by atoms with Gasteiger partial charge in [0.25, 0.3) is 0 Å². The maximum Gasteiger partial charge on any atom is 0.228 e. The molecule has 170 valence electrons. The summed E-state index contributed by atoms with van der Waals surface area (Å²) in [6.45, 7) is 1.67. The van der Waals surface area contributed by atoms with E-state index in [4.69, 9.17) is 14.2 Å². The highest BCUT2D eigenvalue weighted by molar-refractivity contribution is 6.00. The Morgan fingerprint density at radius 3 is 2.31 bits per heavy atom. The lowest BCUT2D eigenvalue weighted by Gasteiger charge is -2.22. The minimum atomic E-state index is -0.364. The topological polar surface area (TPSA) is 80.3 Å². The lowest BCUT2D eigenvalue weighted by molar-refractivity contribution is -0.134. The number of carbonyl (C=O) groups excluding carboxylic acids is 2. The van der Waals surface area contributed by atoms with Gasteiger partial charge in [0.05, 0.1) is 32.9 Å². The number of likely N-dealkylation sites (tertiary alicyclic amines) is 1. The van der Waals surface area contributed by atoms with Gasteiger partial charge in [-0.1, -0.05) is 18.2 Å². The van der Waals surface area contributed by atoms with Crippen LogP contribution in [0.3, 0.4) is 0 Å².